The minimum absolute atomic E-state index is 0.114. The molecule has 0 aromatic carbocycles. The minimum atomic E-state index is 0.114. The number of carbonyl (C=O) groups is 1. The summed E-state index contributed by atoms with van der Waals surface area (Å²) >= 11 is 0. The van der Waals surface area contributed by atoms with Crippen molar-refractivity contribution < 1.29 is 4.79 Å². The van der Waals surface area contributed by atoms with Crippen molar-refractivity contribution in [1.29, 1.82) is 0 Å². The van der Waals surface area contributed by atoms with Gasteiger partial charge in [0.15, 0.2) is 0 Å². The van der Waals surface area contributed by atoms with Crippen LogP contribution in [0.3, 0.4) is 0 Å². The van der Waals surface area contributed by atoms with Crippen LogP contribution in [0.5, 0.6) is 0 Å². The van der Waals surface area contributed by atoms with E-state index in [9.17, 15) is 4.79 Å². The van der Waals surface area contributed by atoms with E-state index in [-0.39, 0.29) is 6.04 Å². The van der Waals surface area contributed by atoms with Crippen LogP contribution < -0.4 is 0 Å². The number of likely N-dealkylation sites (N-methyl/N-ethyl adjacent to an activating group) is 1. The molecule has 0 saturated carbocycles. The van der Waals surface area contributed by atoms with E-state index in [2.05, 4.69) is 31.3 Å². The molecule has 0 bridgehead atoms. The molecule has 0 radical (unpaired) electrons. The molecule has 2 aliphatic heterocycles. The van der Waals surface area contributed by atoms with Gasteiger partial charge in [-0.3, -0.25) is 14.6 Å². The van der Waals surface area contributed by atoms with Gasteiger partial charge in [-0.05, 0) is 32.9 Å². The zero-order valence-corrected chi connectivity index (χ0v) is 13.7. The van der Waals surface area contributed by atoms with Gasteiger partial charge in [-0.15, -0.1) is 0 Å². The van der Waals surface area contributed by atoms with Gasteiger partial charge in [0.1, 0.15) is 0 Å². The smallest absolute Gasteiger partial charge is 0.239 e. The molecule has 2 fully saturated rings. The number of hydrogen-bond donors (Lipinski definition) is 0. The van der Waals surface area contributed by atoms with Gasteiger partial charge in [0.25, 0.3) is 0 Å². The maximum atomic E-state index is 12.7. The summed E-state index contributed by atoms with van der Waals surface area (Å²) < 4.78 is 2.07. The number of aromatic nitrogens is 2. The fourth-order valence-electron chi connectivity index (χ4n) is 3.55. The van der Waals surface area contributed by atoms with Crippen molar-refractivity contribution in [2.45, 2.75) is 31.8 Å². The Kier molecular flexibility index (Phi) is 4.78. The second-order valence-corrected chi connectivity index (χ2v) is 6.59. The van der Waals surface area contributed by atoms with Gasteiger partial charge in [0, 0.05) is 46.0 Å². The zero-order chi connectivity index (χ0) is 15.5. The zero-order valence-electron chi connectivity index (χ0n) is 13.7. The molecule has 0 spiro atoms. The number of amides is 1. The lowest BCUT2D eigenvalue weighted by Gasteiger charge is -2.27. The van der Waals surface area contributed by atoms with Gasteiger partial charge in [-0.25, -0.2) is 4.98 Å². The number of carbonyl (C=O) groups excluding carboxylic acids is 1. The number of likely N-dealkylation sites (tertiary alicyclic amines) is 1. The Morgan fingerprint density at radius 3 is 2.73 bits per heavy atom. The van der Waals surface area contributed by atoms with Crippen molar-refractivity contribution >= 4 is 5.91 Å². The van der Waals surface area contributed by atoms with Crippen LogP contribution in [0, 0.1) is 0 Å². The summed E-state index contributed by atoms with van der Waals surface area (Å²) in [6.45, 7) is 5.72. The Balaban J connectivity index is 1.55. The van der Waals surface area contributed by atoms with E-state index in [0.717, 1.165) is 58.5 Å². The summed E-state index contributed by atoms with van der Waals surface area (Å²) in [6.07, 6.45) is 7.00. The summed E-state index contributed by atoms with van der Waals surface area (Å²) in [5.74, 6) is 0.336. The van der Waals surface area contributed by atoms with Gasteiger partial charge in [0.2, 0.25) is 5.91 Å². The van der Waals surface area contributed by atoms with Crippen molar-refractivity contribution in [3.8, 4) is 0 Å². The Bertz CT molecular complexity index is 514. The number of nitrogens with zero attached hydrogens (tertiary/aromatic N) is 5. The first-order chi connectivity index (χ1) is 10.6. The maximum Gasteiger partial charge on any atom is 0.239 e. The highest BCUT2D eigenvalue weighted by atomic mass is 16.2. The molecule has 2 aliphatic rings. The molecule has 0 unspecified atom stereocenters. The monoisotopic (exact) mass is 305 g/mol. The van der Waals surface area contributed by atoms with Gasteiger partial charge in [0.05, 0.1) is 18.1 Å². The fraction of sp³-hybridized carbons (Fsp3) is 0.750. The third-order valence-corrected chi connectivity index (χ3v) is 5.01. The molecule has 1 aromatic rings. The van der Waals surface area contributed by atoms with Crippen molar-refractivity contribution in [1.82, 2.24) is 24.3 Å². The lowest BCUT2D eigenvalue weighted by molar-refractivity contribution is -0.135. The van der Waals surface area contributed by atoms with Crippen molar-refractivity contribution in [3.63, 3.8) is 0 Å². The molecule has 1 atom stereocenters. The minimum Gasteiger partial charge on any atom is -0.340 e. The Morgan fingerprint density at radius 1 is 1.18 bits per heavy atom. The molecule has 1 aromatic heterocycles. The highest BCUT2D eigenvalue weighted by Gasteiger charge is 2.32. The van der Waals surface area contributed by atoms with Gasteiger partial charge >= 0.3 is 0 Å². The summed E-state index contributed by atoms with van der Waals surface area (Å²) in [5.41, 5.74) is 1.23. The first kappa shape index (κ1) is 15.5. The van der Waals surface area contributed by atoms with Crippen LogP contribution >= 0.6 is 0 Å². The molecule has 0 aliphatic carbocycles. The van der Waals surface area contributed by atoms with Gasteiger partial charge in [-0.2, -0.15) is 0 Å². The molecule has 3 rings (SSSR count). The van der Waals surface area contributed by atoms with Crippen molar-refractivity contribution in [3.05, 3.63) is 18.2 Å². The number of imidazole rings is 1. The van der Waals surface area contributed by atoms with Crippen LogP contribution in [0.4, 0.5) is 0 Å². The van der Waals surface area contributed by atoms with E-state index >= 15 is 0 Å². The quantitative estimate of drug-likeness (QED) is 0.818. The molecule has 6 nitrogen and oxygen atoms in total. The molecule has 0 N–H and O–H groups in total. The third kappa shape index (κ3) is 3.33. The van der Waals surface area contributed by atoms with Crippen molar-refractivity contribution in [2.75, 3.05) is 39.8 Å². The largest absolute Gasteiger partial charge is 0.340 e. The second-order valence-electron chi connectivity index (χ2n) is 6.59. The molecular weight excluding hydrogens is 278 g/mol. The molecule has 122 valence electrons. The highest BCUT2D eigenvalue weighted by molar-refractivity contribution is 5.82. The van der Waals surface area contributed by atoms with Crippen LogP contribution in [0.1, 0.15) is 25.0 Å². The number of hydrogen-bond acceptors (Lipinski definition) is 4. The van der Waals surface area contributed by atoms with Crippen LogP contribution in [0.25, 0.3) is 0 Å². The predicted molar refractivity (Wildman–Crippen MR) is 85.3 cm³/mol. The van der Waals surface area contributed by atoms with E-state index in [1.54, 1.807) is 0 Å². The normalized spacial score (nSPS) is 24.6. The number of rotatable bonds is 3. The van der Waals surface area contributed by atoms with Crippen LogP contribution in [-0.4, -0.2) is 76.0 Å². The molecule has 3 heterocycles. The van der Waals surface area contributed by atoms with E-state index in [1.807, 2.05) is 19.6 Å². The average Bonchev–Trinajstić information content (AvgIpc) is 3.02. The van der Waals surface area contributed by atoms with Crippen LogP contribution in [0.2, 0.25) is 0 Å². The lowest BCUT2D eigenvalue weighted by Crippen LogP contribution is -2.45. The molecule has 1 amide bonds. The SMILES string of the molecule is CN1CCC[C@H]1C(=O)N1CCCN(Cc2cncn2C)CC1. The summed E-state index contributed by atoms with van der Waals surface area (Å²) in [4.78, 5) is 23.6. The summed E-state index contributed by atoms with van der Waals surface area (Å²) in [7, 11) is 4.11. The van der Waals surface area contributed by atoms with E-state index < -0.39 is 0 Å². The maximum absolute atomic E-state index is 12.7. The van der Waals surface area contributed by atoms with Crippen LogP contribution in [0.15, 0.2) is 12.5 Å². The Labute approximate surface area is 132 Å². The second kappa shape index (κ2) is 6.79. The first-order valence-electron chi connectivity index (χ1n) is 8.32. The highest BCUT2D eigenvalue weighted by Crippen LogP contribution is 2.18. The number of aryl methyl sites for hydroxylation is 1. The Morgan fingerprint density at radius 2 is 2.05 bits per heavy atom. The molecule has 2 saturated heterocycles. The third-order valence-electron chi connectivity index (χ3n) is 5.01. The summed E-state index contributed by atoms with van der Waals surface area (Å²) in [6, 6.07) is 0.114. The Hall–Kier alpha value is -1.40. The standard InChI is InChI=1S/C16H27N5O/c1-18-6-3-5-15(18)16(22)21-8-4-7-20(9-10-21)12-14-11-17-13-19(14)2/h11,13,15H,3-10,12H2,1-2H3/t15-/m0/s1. The van der Waals surface area contributed by atoms with Crippen molar-refractivity contribution in [2.24, 2.45) is 7.05 Å². The average molecular weight is 305 g/mol. The summed E-state index contributed by atoms with van der Waals surface area (Å²) in [5, 5.41) is 0. The van der Waals surface area contributed by atoms with E-state index in [1.165, 1.54) is 5.69 Å². The lowest BCUT2D eigenvalue weighted by atomic mass is 10.2. The fourth-order valence-corrected chi connectivity index (χ4v) is 3.55. The molecular formula is C16H27N5O. The first-order valence-corrected chi connectivity index (χ1v) is 8.32. The molecule has 6 heteroatoms. The topological polar surface area (TPSA) is 44.6 Å². The van der Waals surface area contributed by atoms with Crippen LogP contribution in [-0.2, 0) is 18.4 Å². The van der Waals surface area contributed by atoms with Gasteiger partial charge < -0.3 is 9.47 Å². The predicted octanol–water partition coefficient (Wildman–Crippen LogP) is 0.549. The van der Waals surface area contributed by atoms with E-state index in [4.69, 9.17) is 0 Å². The molecule has 22 heavy (non-hydrogen) atoms. The van der Waals surface area contributed by atoms with Gasteiger partial charge in [-0.1, -0.05) is 0 Å². The van der Waals surface area contributed by atoms with E-state index in [0.29, 0.717) is 5.91 Å².